The molecule has 70 heavy (non-hydrogen) atoms. The third-order valence-corrected chi connectivity index (χ3v) is 14.8. The monoisotopic (exact) mass is 986 g/mol. The van der Waals surface area contributed by atoms with Gasteiger partial charge in [-0.15, -0.1) is 0 Å². The van der Waals surface area contributed by atoms with Crippen LogP contribution in [0.1, 0.15) is 348 Å². The van der Waals surface area contributed by atoms with Gasteiger partial charge in [0.2, 0.25) is 5.91 Å². The molecule has 3 N–H and O–H groups in total. The highest BCUT2D eigenvalue weighted by atomic mass is 16.5. The molecule has 0 saturated heterocycles. The zero-order chi connectivity index (χ0) is 50.7. The van der Waals surface area contributed by atoms with Crippen molar-refractivity contribution in [2.24, 2.45) is 0 Å². The fourth-order valence-corrected chi connectivity index (χ4v) is 9.93. The summed E-state index contributed by atoms with van der Waals surface area (Å²) in [6.07, 6.45) is 73.3. The molecule has 0 aromatic rings. The van der Waals surface area contributed by atoms with E-state index in [1.165, 1.54) is 244 Å². The molecule has 0 fully saturated rings. The lowest BCUT2D eigenvalue weighted by Gasteiger charge is -2.22. The van der Waals surface area contributed by atoms with Gasteiger partial charge in [0.15, 0.2) is 0 Å². The lowest BCUT2D eigenvalue weighted by molar-refractivity contribution is -0.143. The van der Waals surface area contributed by atoms with E-state index in [4.69, 9.17) is 4.74 Å². The van der Waals surface area contributed by atoms with Crippen LogP contribution in [0.5, 0.6) is 0 Å². The highest BCUT2D eigenvalue weighted by Gasteiger charge is 2.20. The number of rotatable bonds is 59. The molecule has 0 aromatic heterocycles. The number of hydrogen-bond donors (Lipinski definition) is 3. The van der Waals surface area contributed by atoms with E-state index < -0.39 is 12.1 Å². The van der Waals surface area contributed by atoms with E-state index >= 15 is 0 Å². The van der Waals surface area contributed by atoms with Gasteiger partial charge in [0.1, 0.15) is 0 Å². The second-order valence-corrected chi connectivity index (χ2v) is 21.8. The summed E-state index contributed by atoms with van der Waals surface area (Å²) in [5.41, 5.74) is 0. The summed E-state index contributed by atoms with van der Waals surface area (Å²) < 4.78 is 5.46. The Balaban J connectivity index is 3.46. The summed E-state index contributed by atoms with van der Waals surface area (Å²) in [5, 5.41) is 23.4. The van der Waals surface area contributed by atoms with Crippen molar-refractivity contribution >= 4 is 11.9 Å². The molecule has 6 nitrogen and oxygen atoms in total. The van der Waals surface area contributed by atoms with Crippen molar-refractivity contribution in [2.45, 2.75) is 360 Å². The average Bonchev–Trinajstić information content (AvgIpc) is 3.36. The average molecular weight is 987 g/mol. The van der Waals surface area contributed by atoms with Gasteiger partial charge in [-0.05, 0) is 57.8 Å². The Morgan fingerprint density at radius 2 is 0.700 bits per heavy atom. The molecule has 6 heteroatoms. The number of carbonyl (C=O) groups is 2. The summed E-state index contributed by atoms with van der Waals surface area (Å²) in [6, 6.07) is -0.550. The van der Waals surface area contributed by atoms with Crippen molar-refractivity contribution in [2.75, 3.05) is 13.2 Å². The quantitative estimate of drug-likeness (QED) is 0.0321. The molecule has 0 aliphatic rings. The summed E-state index contributed by atoms with van der Waals surface area (Å²) in [7, 11) is 0. The second kappa shape index (κ2) is 59.9. The fourth-order valence-electron chi connectivity index (χ4n) is 9.93. The molecule has 0 saturated carbocycles. The number of esters is 1. The molecular formula is C64H123NO5. The molecule has 2 unspecified atom stereocenters. The number of carbonyl (C=O) groups excluding carboxylic acids is 2. The van der Waals surface area contributed by atoms with Gasteiger partial charge in [-0.2, -0.15) is 0 Å². The van der Waals surface area contributed by atoms with Crippen molar-refractivity contribution in [1.29, 1.82) is 0 Å². The topological polar surface area (TPSA) is 95.9 Å². The number of aliphatic hydroxyl groups excluding tert-OH is 2. The number of aliphatic hydroxyl groups is 2. The number of nitrogens with one attached hydrogen (secondary N) is 1. The summed E-state index contributed by atoms with van der Waals surface area (Å²) in [5.74, 6) is -0.0519. The maximum absolute atomic E-state index is 12.5. The zero-order valence-corrected chi connectivity index (χ0v) is 47.3. The van der Waals surface area contributed by atoms with Crippen molar-refractivity contribution in [3.8, 4) is 0 Å². The number of ether oxygens (including phenoxy) is 1. The van der Waals surface area contributed by atoms with Crippen molar-refractivity contribution in [3.05, 3.63) is 24.3 Å². The Morgan fingerprint density at radius 3 is 1.06 bits per heavy atom. The van der Waals surface area contributed by atoms with Crippen molar-refractivity contribution < 1.29 is 24.5 Å². The van der Waals surface area contributed by atoms with E-state index in [-0.39, 0.29) is 18.5 Å². The Morgan fingerprint density at radius 1 is 0.400 bits per heavy atom. The summed E-state index contributed by atoms with van der Waals surface area (Å²) >= 11 is 0. The Hall–Kier alpha value is -1.66. The molecule has 0 heterocycles. The molecule has 2 atom stereocenters. The van der Waals surface area contributed by atoms with Crippen LogP contribution in [0.25, 0.3) is 0 Å². The molecular weight excluding hydrogens is 863 g/mol. The lowest BCUT2D eigenvalue weighted by atomic mass is 10.0. The molecule has 0 spiro atoms. The number of unbranched alkanes of at least 4 members (excludes halogenated alkanes) is 45. The standard InChI is InChI=1S/C64H123NO5/c1-3-5-7-9-11-13-15-17-19-20-21-23-26-29-32-36-40-44-48-52-56-62(67)61(60-66)65-63(68)57-53-49-45-41-37-33-30-27-24-22-25-28-31-35-39-43-47-51-55-59-70-64(69)58-54-50-46-42-38-34-18-16-14-12-10-8-6-4-2/h28,31,35,39,61-62,66-67H,3-27,29-30,32-34,36-38,40-60H2,1-2H3,(H,65,68)/b31-28-,39-35-. The minimum atomic E-state index is -0.672. The van der Waals surface area contributed by atoms with Gasteiger partial charge >= 0.3 is 5.97 Å². The van der Waals surface area contributed by atoms with Gasteiger partial charge < -0.3 is 20.3 Å². The van der Waals surface area contributed by atoms with E-state index in [0.717, 1.165) is 70.6 Å². The predicted molar refractivity (Wildman–Crippen MR) is 306 cm³/mol. The van der Waals surface area contributed by atoms with Crippen LogP contribution in [0.2, 0.25) is 0 Å². The van der Waals surface area contributed by atoms with Crippen molar-refractivity contribution in [1.82, 2.24) is 5.32 Å². The van der Waals surface area contributed by atoms with Gasteiger partial charge in [-0.1, -0.05) is 301 Å². The minimum absolute atomic E-state index is 0.0104. The fraction of sp³-hybridized carbons (Fsp3) is 0.906. The molecule has 0 aromatic carbocycles. The first-order chi connectivity index (χ1) is 34.5. The van der Waals surface area contributed by atoms with Gasteiger partial charge in [0.25, 0.3) is 0 Å². The highest BCUT2D eigenvalue weighted by Crippen LogP contribution is 2.18. The predicted octanol–water partition coefficient (Wildman–Crippen LogP) is 19.8. The van der Waals surface area contributed by atoms with Gasteiger partial charge in [-0.25, -0.2) is 0 Å². The van der Waals surface area contributed by atoms with Crippen LogP contribution in [0.4, 0.5) is 0 Å². The van der Waals surface area contributed by atoms with Crippen LogP contribution in [-0.2, 0) is 14.3 Å². The maximum atomic E-state index is 12.5. The first kappa shape index (κ1) is 68.3. The smallest absolute Gasteiger partial charge is 0.305 e. The molecule has 0 radical (unpaired) electrons. The Kier molecular flexibility index (Phi) is 58.5. The van der Waals surface area contributed by atoms with Gasteiger partial charge in [0.05, 0.1) is 25.4 Å². The third kappa shape index (κ3) is 55.7. The minimum Gasteiger partial charge on any atom is -0.466 e. The van der Waals surface area contributed by atoms with E-state index in [1.807, 2.05) is 0 Å². The lowest BCUT2D eigenvalue weighted by Crippen LogP contribution is -2.45. The summed E-state index contributed by atoms with van der Waals surface area (Å²) in [6.45, 7) is 4.94. The van der Waals surface area contributed by atoms with Gasteiger partial charge in [-0.3, -0.25) is 9.59 Å². The third-order valence-electron chi connectivity index (χ3n) is 14.8. The first-order valence-electron chi connectivity index (χ1n) is 31.6. The molecule has 0 bridgehead atoms. The van der Waals surface area contributed by atoms with Gasteiger partial charge in [0, 0.05) is 12.8 Å². The van der Waals surface area contributed by atoms with E-state index in [1.54, 1.807) is 0 Å². The van der Waals surface area contributed by atoms with E-state index in [9.17, 15) is 19.8 Å². The summed E-state index contributed by atoms with van der Waals surface area (Å²) in [4.78, 5) is 24.6. The molecule has 0 aliphatic heterocycles. The highest BCUT2D eigenvalue weighted by molar-refractivity contribution is 5.76. The molecule has 414 valence electrons. The second-order valence-electron chi connectivity index (χ2n) is 21.8. The number of allylic oxidation sites excluding steroid dienone is 4. The van der Waals surface area contributed by atoms with Crippen LogP contribution >= 0.6 is 0 Å². The van der Waals surface area contributed by atoms with Crippen molar-refractivity contribution in [3.63, 3.8) is 0 Å². The largest absolute Gasteiger partial charge is 0.466 e. The Labute approximate surface area is 437 Å². The first-order valence-corrected chi connectivity index (χ1v) is 31.6. The SMILES string of the molecule is CCCCCCCCCCCCCCCCCCCCCCC(O)C(CO)NC(=O)CCCCCCCCCCCC/C=C\C=C/CCCCCOC(=O)CCCCCCCCCCCCCCCC. The molecule has 1 amide bonds. The van der Waals surface area contributed by atoms with Crippen LogP contribution in [0.15, 0.2) is 24.3 Å². The number of amides is 1. The van der Waals surface area contributed by atoms with Crippen LogP contribution < -0.4 is 5.32 Å². The normalized spacial score (nSPS) is 12.7. The molecule has 0 aliphatic carbocycles. The van der Waals surface area contributed by atoms with Crippen LogP contribution in [0, 0.1) is 0 Å². The zero-order valence-electron chi connectivity index (χ0n) is 47.3. The number of hydrogen-bond acceptors (Lipinski definition) is 5. The molecule has 0 rings (SSSR count). The Bertz CT molecular complexity index is 1090. The maximum Gasteiger partial charge on any atom is 0.305 e. The van der Waals surface area contributed by atoms with Crippen LogP contribution in [-0.4, -0.2) is 47.4 Å². The van der Waals surface area contributed by atoms with E-state index in [2.05, 4.69) is 43.5 Å². The van der Waals surface area contributed by atoms with Crippen LogP contribution in [0.3, 0.4) is 0 Å². The van der Waals surface area contributed by atoms with E-state index in [0.29, 0.717) is 25.9 Å².